The lowest BCUT2D eigenvalue weighted by molar-refractivity contribution is -0.137. The average Bonchev–Trinajstić information content (AvgIpc) is 2.69. The van der Waals surface area contributed by atoms with Crippen LogP contribution < -0.4 is 0 Å². The molecule has 0 saturated carbocycles. The van der Waals surface area contributed by atoms with Crippen molar-refractivity contribution in [2.45, 2.75) is 42.4 Å². The summed E-state index contributed by atoms with van der Waals surface area (Å²) in [6.45, 7) is 0. The van der Waals surface area contributed by atoms with E-state index in [1.165, 1.54) is 4.31 Å². The van der Waals surface area contributed by atoms with Crippen molar-refractivity contribution in [1.82, 2.24) is 4.31 Å². The van der Waals surface area contributed by atoms with Crippen molar-refractivity contribution in [2.75, 3.05) is 0 Å². The number of halogens is 3. The van der Waals surface area contributed by atoms with Crippen molar-refractivity contribution < 1.29 is 21.6 Å². The Morgan fingerprint density at radius 3 is 2.33 bits per heavy atom. The molecular weight excluding hydrogens is 303 g/mol. The zero-order chi connectivity index (χ0) is 15.3. The number of sulfonamides is 1. The zero-order valence-electron chi connectivity index (χ0n) is 11.0. The summed E-state index contributed by atoms with van der Waals surface area (Å²) in [5.41, 5.74) is -0.844. The minimum atomic E-state index is -4.46. The van der Waals surface area contributed by atoms with E-state index < -0.39 is 21.8 Å². The van der Waals surface area contributed by atoms with Crippen LogP contribution in [-0.4, -0.2) is 24.8 Å². The standard InChI is InChI=1S/C14H14F3NO2S/c15-14(16,17)10-4-8-13(9-5-10)21(19,20)18-11-2-1-3-12(18)7-6-11/h1-2,4-5,8-9,11-12H,3,6-7H2. The van der Waals surface area contributed by atoms with Gasteiger partial charge < -0.3 is 0 Å². The molecule has 0 spiro atoms. The molecule has 3 rings (SSSR count). The van der Waals surface area contributed by atoms with E-state index in [4.69, 9.17) is 0 Å². The Bertz CT molecular complexity index is 664. The molecule has 3 nitrogen and oxygen atoms in total. The quantitative estimate of drug-likeness (QED) is 0.786. The van der Waals surface area contributed by atoms with Gasteiger partial charge in [-0.05, 0) is 43.5 Å². The second kappa shape index (κ2) is 4.84. The highest BCUT2D eigenvalue weighted by Crippen LogP contribution is 2.37. The summed E-state index contributed by atoms with van der Waals surface area (Å²) >= 11 is 0. The van der Waals surface area contributed by atoms with Gasteiger partial charge in [0.05, 0.1) is 10.5 Å². The summed E-state index contributed by atoms with van der Waals surface area (Å²) in [6.07, 6.45) is 1.59. The normalized spacial score (nSPS) is 26.2. The molecule has 1 fully saturated rings. The number of alkyl halides is 3. The van der Waals surface area contributed by atoms with Crippen LogP contribution in [0.15, 0.2) is 41.3 Å². The number of hydrogen-bond acceptors (Lipinski definition) is 2. The van der Waals surface area contributed by atoms with Crippen LogP contribution >= 0.6 is 0 Å². The topological polar surface area (TPSA) is 37.4 Å². The summed E-state index contributed by atoms with van der Waals surface area (Å²) < 4.78 is 64.3. The van der Waals surface area contributed by atoms with Gasteiger partial charge in [-0.25, -0.2) is 8.42 Å². The lowest BCUT2D eigenvalue weighted by Gasteiger charge is -2.30. The van der Waals surface area contributed by atoms with Crippen molar-refractivity contribution in [3.05, 3.63) is 42.0 Å². The van der Waals surface area contributed by atoms with Gasteiger partial charge in [0.15, 0.2) is 0 Å². The fourth-order valence-electron chi connectivity index (χ4n) is 3.00. The van der Waals surface area contributed by atoms with Crippen LogP contribution in [0.1, 0.15) is 24.8 Å². The smallest absolute Gasteiger partial charge is 0.207 e. The van der Waals surface area contributed by atoms with E-state index in [9.17, 15) is 21.6 Å². The molecular formula is C14H14F3NO2S. The van der Waals surface area contributed by atoms with Crippen molar-refractivity contribution >= 4 is 10.0 Å². The minimum absolute atomic E-state index is 0.0766. The van der Waals surface area contributed by atoms with Crippen molar-refractivity contribution in [2.24, 2.45) is 0 Å². The first-order valence-electron chi connectivity index (χ1n) is 6.67. The summed E-state index contributed by atoms with van der Waals surface area (Å²) in [4.78, 5) is -0.0808. The third-order valence-corrected chi connectivity index (χ3v) is 6.00. The predicted octanol–water partition coefficient (Wildman–Crippen LogP) is 3.19. The predicted molar refractivity (Wildman–Crippen MR) is 71.0 cm³/mol. The third-order valence-electron chi connectivity index (χ3n) is 4.01. The minimum Gasteiger partial charge on any atom is -0.207 e. The average molecular weight is 317 g/mol. The fourth-order valence-corrected chi connectivity index (χ4v) is 4.84. The third kappa shape index (κ3) is 2.48. The van der Waals surface area contributed by atoms with Gasteiger partial charge in [-0.15, -0.1) is 0 Å². The monoisotopic (exact) mass is 317 g/mol. The molecule has 0 N–H and O–H groups in total. The highest BCUT2D eigenvalue weighted by Gasteiger charge is 2.42. The SMILES string of the molecule is O=S(=O)(c1ccc(C(F)(F)F)cc1)N1C2C=CCC1CC2. The largest absolute Gasteiger partial charge is 0.416 e. The summed E-state index contributed by atoms with van der Waals surface area (Å²) in [5, 5.41) is 0. The molecule has 2 aliphatic heterocycles. The zero-order valence-corrected chi connectivity index (χ0v) is 11.9. The first-order valence-corrected chi connectivity index (χ1v) is 8.11. The molecule has 2 bridgehead atoms. The molecule has 114 valence electrons. The molecule has 2 heterocycles. The fraction of sp³-hybridized carbons (Fsp3) is 0.429. The van der Waals surface area contributed by atoms with E-state index in [1.807, 2.05) is 12.2 Å². The van der Waals surface area contributed by atoms with Gasteiger partial charge in [0, 0.05) is 12.1 Å². The summed E-state index contributed by atoms with van der Waals surface area (Å²) in [6, 6.07) is 3.46. The van der Waals surface area contributed by atoms with Gasteiger partial charge in [-0.2, -0.15) is 17.5 Å². The van der Waals surface area contributed by atoms with E-state index >= 15 is 0 Å². The Morgan fingerprint density at radius 2 is 1.76 bits per heavy atom. The molecule has 2 atom stereocenters. The first kappa shape index (κ1) is 14.6. The van der Waals surface area contributed by atoms with Gasteiger partial charge >= 0.3 is 6.18 Å². The van der Waals surface area contributed by atoms with Gasteiger partial charge in [0.25, 0.3) is 0 Å². The highest BCUT2D eigenvalue weighted by atomic mass is 32.2. The molecule has 0 radical (unpaired) electrons. The molecule has 21 heavy (non-hydrogen) atoms. The van der Waals surface area contributed by atoms with Gasteiger partial charge in [-0.3, -0.25) is 0 Å². The molecule has 0 aliphatic carbocycles. The Morgan fingerprint density at radius 1 is 1.10 bits per heavy atom. The molecule has 2 aliphatic rings. The lowest BCUT2D eigenvalue weighted by atomic mass is 10.2. The van der Waals surface area contributed by atoms with Crippen LogP contribution in [0, 0.1) is 0 Å². The number of rotatable bonds is 2. The molecule has 7 heteroatoms. The molecule has 1 saturated heterocycles. The Hall–Kier alpha value is -1.34. The van der Waals surface area contributed by atoms with Crippen molar-refractivity contribution in [3.63, 3.8) is 0 Å². The second-order valence-corrected chi connectivity index (χ2v) is 7.16. The molecule has 1 aromatic carbocycles. The van der Waals surface area contributed by atoms with E-state index in [0.717, 1.165) is 37.1 Å². The van der Waals surface area contributed by atoms with Crippen LogP contribution in [0.5, 0.6) is 0 Å². The maximum atomic E-state index is 12.6. The van der Waals surface area contributed by atoms with E-state index in [2.05, 4.69) is 0 Å². The number of fused-ring (bicyclic) bond motifs is 2. The van der Waals surface area contributed by atoms with Gasteiger partial charge in [-0.1, -0.05) is 12.2 Å². The van der Waals surface area contributed by atoms with Gasteiger partial charge in [0.2, 0.25) is 10.0 Å². The number of hydrogen-bond donors (Lipinski definition) is 0. The Balaban J connectivity index is 1.94. The summed E-state index contributed by atoms with van der Waals surface area (Å²) in [5.74, 6) is 0. The summed E-state index contributed by atoms with van der Waals surface area (Å²) in [7, 11) is -3.75. The van der Waals surface area contributed by atoms with E-state index in [-0.39, 0.29) is 17.0 Å². The highest BCUT2D eigenvalue weighted by molar-refractivity contribution is 7.89. The van der Waals surface area contributed by atoms with E-state index in [1.54, 1.807) is 0 Å². The molecule has 0 amide bonds. The van der Waals surface area contributed by atoms with Gasteiger partial charge in [0.1, 0.15) is 0 Å². The number of benzene rings is 1. The van der Waals surface area contributed by atoms with Crippen molar-refractivity contribution in [3.8, 4) is 0 Å². The van der Waals surface area contributed by atoms with Crippen LogP contribution in [0.25, 0.3) is 0 Å². The van der Waals surface area contributed by atoms with Crippen LogP contribution in [0.4, 0.5) is 13.2 Å². The molecule has 1 aromatic rings. The van der Waals surface area contributed by atoms with E-state index in [0.29, 0.717) is 6.42 Å². The maximum Gasteiger partial charge on any atom is 0.416 e. The maximum absolute atomic E-state index is 12.6. The Labute approximate surface area is 121 Å². The lowest BCUT2D eigenvalue weighted by Crippen LogP contribution is -2.41. The Kier molecular flexibility index (Phi) is 3.37. The second-order valence-electron chi connectivity index (χ2n) is 5.32. The number of nitrogens with zero attached hydrogens (tertiary/aromatic N) is 1. The first-order chi connectivity index (χ1) is 9.80. The molecule has 2 unspecified atom stereocenters. The van der Waals surface area contributed by atoms with Crippen LogP contribution in [0.3, 0.4) is 0 Å². The van der Waals surface area contributed by atoms with Crippen LogP contribution in [0.2, 0.25) is 0 Å². The molecule has 0 aromatic heterocycles. The van der Waals surface area contributed by atoms with Crippen molar-refractivity contribution in [1.29, 1.82) is 0 Å². The van der Waals surface area contributed by atoms with Crippen LogP contribution in [-0.2, 0) is 16.2 Å².